The molecule has 0 radical (unpaired) electrons. The van der Waals surface area contributed by atoms with E-state index in [1.165, 1.54) is 16.4 Å². The van der Waals surface area contributed by atoms with Crippen LogP contribution < -0.4 is 20.1 Å². The van der Waals surface area contributed by atoms with Gasteiger partial charge in [-0.25, -0.2) is 8.42 Å². The van der Waals surface area contributed by atoms with Crippen LogP contribution in [0.3, 0.4) is 0 Å². The maximum atomic E-state index is 13.8. The fraction of sp³-hybridized carbons (Fsp3) is 0.517. The number of halogens is 1. The molecule has 0 bridgehead atoms. The van der Waals surface area contributed by atoms with Gasteiger partial charge in [-0.05, 0) is 36.0 Å². The second kappa shape index (κ2) is 14.9. The zero-order valence-corrected chi connectivity index (χ0v) is 25.5. The molecule has 0 saturated carbocycles. The number of aliphatic hydroxyl groups excluding tert-OH is 1. The number of benzene rings is 2. The van der Waals surface area contributed by atoms with Crippen LogP contribution in [0.15, 0.2) is 53.4 Å². The van der Waals surface area contributed by atoms with Gasteiger partial charge in [0, 0.05) is 19.2 Å². The number of nitrogens with zero attached hydrogens (tertiary/aromatic N) is 1. The second-order valence-electron chi connectivity index (χ2n) is 10.7. The molecule has 0 spiro atoms. The SMILES string of the molecule is CC[C@H](C)[C@H](NC(=O)CCl)C(=O)NC(Cc1ccccc1)[C@H](O)CN(CC(C)C)S(=O)(=O)c1ccc2c(c1)OCO2. The molecule has 1 aliphatic rings. The van der Waals surface area contributed by atoms with Crippen LogP contribution in [-0.2, 0) is 26.0 Å². The molecular weight excluding hydrogens is 570 g/mol. The number of rotatable bonds is 15. The van der Waals surface area contributed by atoms with Crippen molar-refractivity contribution in [2.24, 2.45) is 11.8 Å². The number of fused-ring (bicyclic) bond motifs is 1. The summed E-state index contributed by atoms with van der Waals surface area (Å²) in [6, 6.07) is 11.9. The van der Waals surface area contributed by atoms with Gasteiger partial charge in [0.15, 0.2) is 11.5 Å². The zero-order valence-electron chi connectivity index (χ0n) is 23.9. The summed E-state index contributed by atoms with van der Waals surface area (Å²) in [5.41, 5.74) is 0.843. The highest BCUT2D eigenvalue weighted by Gasteiger charge is 2.34. The number of sulfonamides is 1. The number of amides is 2. The van der Waals surface area contributed by atoms with Gasteiger partial charge in [-0.2, -0.15) is 4.31 Å². The Kier molecular flexibility index (Phi) is 11.8. The Morgan fingerprint density at radius 3 is 2.34 bits per heavy atom. The Labute approximate surface area is 247 Å². The van der Waals surface area contributed by atoms with Crippen LogP contribution in [0, 0.1) is 11.8 Å². The number of hydrogen-bond donors (Lipinski definition) is 3. The average Bonchev–Trinajstić information content (AvgIpc) is 3.43. The first kappa shape index (κ1) is 32.7. The molecule has 3 N–H and O–H groups in total. The summed E-state index contributed by atoms with van der Waals surface area (Å²) in [4.78, 5) is 25.5. The standard InChI is InChI=1S/C29H40ClN3O7S/c1-5-20(4)28(32-27(35)15-30)29(36)31-23(13-21-9-7-6-8-10-21)24(34)17-33(16-19(2)3)41(37,38)22-11-12-25-26(14-22)40-18-39-25/h6-12,14,19-20,23-24,28,34H,5,13,15-18H2,1-4H3,(H,31,36)(H,32,35)/t20-,23?,24+,28-/m0/s1. The number of carbonyl (C=O) groups is 2. The molecular formula is C29H40ClN3O7S. The molecule has 41 heavy (non-hydrogen) atoms. The van der Waals surface area contributed by atoms with Gasteiger partial charge in [0.1, 0.15) is 11.9 Å². The predicted octanol–water partition coefficient (Wildman–Crippen LogP) is 2.92. The van der Waals surface area contributed by atoms with E-state index in [4.69, 9.17) is 21.1 Å². The number of carbonyl (C=O) groups excluding carboxylic acids is 2. The largest absolute Gasteiger partial charge is 0.454 e. The lowest BCUT2D eigenvalue weighted by molar-refractivity contribution is -0.130. The Morgan fingerprint density at radius 1 is 1.02 bits per heavy atom. The molecule has 0 saturated heterocycles. The van der Waals surface area contributed by atoms with Gasteiger partial charge in [0.25, 0.3) is 0 Å². The zero-order chi connectivity index (χ0) is 30.2. The molecule has 0 fully saturated rings. The number of alkyl halides is 1. The Balaban J connectivity index is 1.90. The Bertz CT molecular complexity index is 1280. The summed E-state index contributed by atoms with van der Waals surface area (Å²) in [6.45, 7) is 7.39. The third-order valence-electron chi connectivity index (χ3n) is 6.97. The second-order valence-corrected chi connectivity index (χ2v) is 12.9. The van der Waals surface area contributed by atoms with Crippen molar-refractivity contribution in [1.82, 2.24) is 14.9 Å². The van der Waals surface area contributed by atoms with Crippen molar-refractivity contribution in [2.45, 2.75) is 63.6 Å². The molecule has 1 aliphatic heterocycles. The molecule has 2 aromatic rings. The van der Waals surface area contributed by atoms with Crippen molar-refractivity contribution in [2.75, 3.05) is 25.8 Å². The normalized spacial score (nSPS) is 15.8. The van der Waals surface area contributed by atoms with Gasteiger partial charge in [0.2, 0.25) is 28.6 Å². The van der Waals surface area contributed by atoms with Crippen LogP contribution in [0.25, 0.3) is 0 Å². The van der Waals surface area contributed by atoms with E-state index in [0.717, 1.165) is 5.56 Å². The maximum Gasteiger partial charge on any atom is 0.243 e. The predicted molar refractivity (Wildman–Crippen MR) is 156 cm³/mol. The number of aliphatic hydroxyl groups is 1. The first-order valence-electron chi connectivity index (χ1n) is 13.7. The molecule has 2 amide bonds. The average molecular weight is 610 g/mol. The van der Waals surface area contributed by atoms with E-state index in [0.29, 0.717) is 17.9 Å². The first-order valence-corrected chi connectivity index (χ1v) is 15.7. The topological polar surface area (TPSA) is 134 Å². The van der Waals surface area contributed by atoms with Gasteiger partial charge in [-0.15, -0.1) is 11.6 Å². The molecule has 1 heterocycles. The van der Waals surface area contributed by atoms with Crippen molar-refractivity contribution in [3.8, 4) is 11.5 Å². The molecule has 0 aromatic heterocycles. The van der Waals surface area contributed by atoms with Gasteiger partial charge in [-0.1, -0.05) is 64.4 Å². The fourth-order valence-corrected chi connectivity index (χ4v) is 6.25. The van der Waals surface area contributed by atoms with Gasteiger partial charge in [0.05, 0.1) is 17.0 Å². The molecule has 12 heteroatoms. The minimum atomic E-state index is -4.05. The molecule has 2 aromatic carbocycles. The summed E-state index contributed by atoms with van der Waals surface area (Å²) >= 11 is 5.67. The Morgan fingerprint density at radius 2 is 1.71 bits per heavy atom. The lowest BCUT2D eigenvalue weighted by Crippen LogP contribution is -2.57. The van der Waals surface area contributed by atoms with E-state index in [1.54, 1.807) is 6.07 Å². The molecule has 0 aliphatic carbocycles. The van der Waals surface area contributed by atoms with E-state index < -0.39 is 40.0 Å². The Hall–Kier alpha value is -2.86. The van der Waals surface area contributed by atoms with Crippen molar-refractivity contribution >= 4 is 33.4 Å². The fourth-order valence-electron chi connectivity index (χ4n) is 4.54. The molecule has 10 nitrogen and oxygen atoms in total. The highest BCUT2D eigenvalue weighted by molar-refractivity contribution is 7.89. The number of nitrogens with one attached hydrogen (secondary N) is 2. The monoisotopic (exact) mass is 609 g/mol. The number of hydrogen-bond acceptors (Lipinski definition) is 7. The van der Waals surface area contributed by atoms with Crippen LogP contribution in [0.1, 0.15) is 39.7 Å². The van der Waals surface area contributed by atoms with Gasteiger partial charge < -0.3 is 25.2 Å². The third-order valence-corrected chi connectivity index (χ3v) is 9.04. The molecule has 3 rings (SSSR count). The molecule has 226 valence electrons. The van der Waals surface area contributed by atoms with Crippen molar-refractivity contribution < 1.29 is 32.6 Å². The summed E-state index contributed by atoms with van der Waals surface area (Å²) in [5, 5.41) is 17.1. The minimum Gasteiger partial charge on any atom is -0.454 e. The van der Waals surface area contributed by atoms with E-state index in [1.807, 2.05) is 58.0 Å². The summed E-state index contributed by atoms with van der Waals surface area (Å²) in [5.74, 6) is -0.716. The van der Waals surface area contributed by atoms with Crippen LogP contribution in [0.4, 0.5) is 0 Å². The summed E-state index contributed by atoms with van der Waals surface area (Å²) in [6.07, 6.45) is -0.421. The quantitative estimate of drug-likeness (QED) is 0.264. The highest BCUT2D eigenvalue weighted by atomic mass is 35.5. The lowest BCUT2D eigenvalue weighted by Gasteiger charge is -2.32. The van der Waals surface area contributed by atoms with Crippen LogP contribution in [0.2, 0.25) is 0 Å². The summed E-state index contributed by atoms with van der Waals surface area (Å²) in [7, 11) is -4.05. The highest BCUT2D eigenvalue weighted by Crippen LogP contribution is 2.35. The van der Waals surface area contributed by atoms with Crippen molar-refractivity contribution in [1.29, 1.82) is 0 Å². The maximum absolute atomic E-state index is 13.8. The summed E-state index contributed by atoms with van der Waals surface area (Å²) < 4.78 is 39.4. The van der Waals surface area contributed by atoms with Gasteiger partial charge in [-0.3, -0.25) is 9.59 Å². The van der Waals surface area contributed by atoms with Crippen LogP contribution in [-0.4, -0.2) is 73.6 Å². The van der Waals surface area contributed by atoms with E-state index in [-0.39, 0.29) is 48.9 Å². The van der Waals surface area contributed by atoms with Crippen molar-refractivity contribution in [3.05, 3.63) is 54.1 Å². The third kappa shape index (κ3) is 8.81. The van der Waals surface area contributed by atoms with Gasteiger partial charge >= 0.3 is 0 Å². The smallest absolute Gasteiger partial charge is 0.243 e. The van der Waals surface area contributed by atoms with Crippen LogP contribution in [0.5, 0.6) is 11.5 Å². The van der Waals surface area contributed by atoms with E-state index in [9.17, 15) is 23.1 Å². The molecule has 1 unspecified atom stereocenters. The minimum absolute atomic E-state index is 0.0110. The number of ether oxygens (including phenoxy) is 2. The first-order chi connectivity index (χ1) is 19.5. The lowest BCUT2D eigenvalue weighted by atomic mass is 9.96. The molecule has 4 atom stereocenters. The van der Waals surface area contributed by atoms with Crippen LogP contribution >= 0.6 is 11.6 Å². The van der Waals surface area contributed by atoms with Crippen molar-refractivity contribution in [3.63, 3.8) is 0 Å². The van der Waals surface area contributed by atoms with E-state index in [2.05, 4.69) is 10.6 Å². The van der Waals surface area contributed by atoms with E-state index >= 15 is 0 Å².